The summed E-state index contributed by atoms with van der Waals surface area (Å²) in [5, 5.41) is 9.14. The average molecular weight is 150 g/mol. The molecule has 0 amide bonds. The Bertz CT molecular complexity index is 66.8. The van der Waals surface area contributed by atoms with Crippen molar-refractivity contribution in [3.05, 3.63) is 0 Å². The molecule has 2 atom stereocenters. The summed E-state index contributed by atoms with van der Waals surface area (Å²) < 4.78 is 0. The van der Waals surface area contributed by atoms with Gasteiger partial charge in [-0.25, -0.2) is 0 Å². The quantitative estimate of drug-likeness (QED) is 0.527. The minimum Gasteiger partial charge on any atom is -0.392 e. The Labute approximate surface area is 57.6 Å². The highest BCUT2D eigenvalue weighted by molar-refractivity contribution is 8.76. The Hall–Kier alpha value is 0.660. The van der Waals surface area contributed by atoms with E-state index in [4.69, 9.17) is 5.11 Å². The number of rotatable bonds is 0. The van der Waals surface area contributed by atoms with E-state index >= 15 is 0 Å². The van der Waals surface area contributed by atoms with Crippen LogP contribution in [0.3, 0.4) is 0 Å². The van der Waals surface area contributed by atoms with E-state index in [9.17, 15) is 0 Å². The third-order valence-electron chi connectivity index (χ3n) is 1.31. The molecule has 3 heteroatoms. The lowest BCUT2D eigenvalue weighted by atomic mass is 10.1. The molecular weight excluding hydrogens is 140 g/mol. The molecule has 0 spiro atoms. The molecule has 1 rings (SSSR count). The second-order valence-electron chi connectivity index (χ2n) is 2.11. The topological polar surface area (TPSA) is 20.2 Å². The maximum atomic E-state index is 9.14. The molecule has 1 fully saturated rings. The van der Waals surface area contributed by atoms with E-state index in [1.165, 1.54) is 0 Å². The molecule has 0 aliphatic carbocycles. The van der Waals surface area contributed by atoms with Gasteiger partial charge in [0.1, 0.15) is 0 Å². The zero-order chi connectivity index (χ0) is 5.98. The number of aliphatic hydroxyl groups is 1. The van der Waals surface area contributed by atoms with E-state index in [2.05, 4.69) is 6.92 Å². The van der Waals surface area contributed by atoms with Crippen LogP contribution < -0.4 is 0 Å². The smallest absolute Gasteiger partial charge is 0.0672 e. The second kappa shape index (κ2) is 2.99. The van der Waals surface area contributed by atoms with Crippen molar-refractivity contribution in [3.63, 3.8) is 0 Å². The summed E-state index contributed by atoms with van der Waals surface area (Å²) in [6, 6.07) is 0. The van der Waals surface area contributed by atoms with Gasteiger partial charge in [0.15, 0.2) is 0 Å². The number of hydrogen-bond donors (Lipinski definition) is 1. The van der Waals surface area contributed by atoms with Gasteiger partial charge in [-0.05, 0) is 5.92 Å². The highest BCUT2D eigenvalue weighted by atomic mass is 33.1. The lowest BCUT2D eigenvalue weighted by Gasteiger charge is -2.22. The van der Waals surface area contributed by atoms with E-state index in [0.29, 0.717) is 5.92 Å². The molecule has 1 heterocycles. The fourth-order valence-corrected chi connectivity index (χ4v) is 3.29. The average Bonchev–Trinajstić information content (AvgIpc) is 1.77. The first-order valence-electron chi connectivity index (χ1n) is 2.73. The van der Waals surface area contributed by atoms with Crippen LogP contribution in [0, 0.1) is 5.92 Å². The van der Waals surface area contributed by atoms with Crippen LogP contribution in [0.15, 0.2) is 0 Å². The van der Waals surface area contributed by atoms with Crippen LogP contribution in [0.5, 0.6) is 0 Å². The lowest BCUT2D eigenvalue weighted by molar-refractivity contribution is 0.150. The third-order valence-corrected chi connectivity index (χ3v) is 3.93. The molecule has 8 heavy (non-hydrogen) atoms. The molecule has 1 nitrogen and oxygen atoms in total. The van der Waals surface area contributed by atoms with Crippen molar-refractivity contribution in [3.8, 4) is 0 Å². The normalized spacial score (nSPS) is 39.8. The SMILES string of the molecule is CC1CSSC[C@H]1O. The number of aliphatic hydroxyl groups excluding tert-OH is 1. The molecule has 1 N–H and O–H groups in total. The van der Waals surface area contributed by atoms with E-state index < -0.39 is 0 Å². The largest absolute Gasteiger partial charge is 0.392 e. The Balaban J connectivity index is 2.28. The molecule has 0 radical (unpaired) electrons. The van der Waals surface area contributed by atoms with Crippen LogP contribution >= 0.6 is 21.6 Å². The first-order valence-corrected chi connectivity index (χ1v) is 5.22. The van der Waals surface area contributed by atoms with Crippen LogP contribution in [-0.4, -0.2) is 22.7 Å². The molecular formula is C5H10OS2. The van der Waals surface area contributed by atoms with E-state index in [0.717, 1.165) is 11.5 Å². The van der Waals surface area contributed by atoms with Gasteiger partial charge in [-0.1, -0.05) is 28.5 Å². The van der Waals surface area contributed by atoms with Crippen LogP contribution in [0.2, 0.25) is 0 Å². The van der Waals surface area contributed by atoms with Crippen molar-refractivity contribution >= 4 is 21.6 Å². The summed E-state index contributed by atoms with van der Waals surface area (Å²) in [6.45, 7) is 2.09. The van der Waals surface area contributed by atoms with Crippen LogP contribution in [0.4, 0.5) is 0 Å². The predicted molar refractivity (Wildman–Crippen MR) is 40.1 cm³/mol. The van der Waals surface area contributed by atoms with Gasteiger partial charge < -0.3 is 5.11 Å². The molecule has 1 aliphatic rings. The molecule has 1 aliphatic heterocycles. The van der Waals surface area contributed by atoms with Gasteiger partial charge in [-0.3, -0.25) is 0 Å². The Morgan fingerprint density at radius 1 is 1.38 bits per heavy atom. The van der Waals surface area contributed by atoms with Gasteiger partial charge in [-0.2, -0.15) is 0 Å². The zero-order valence-electron chi connectivity index (χ0n) is 4.83. The van der Waals surface area contributed by atoms with Gasteiger partial charge in [0.05, 0.1) is 6.10 Å². The first-order chi connectivity index (χ1) is 3.80. The van der Waals surface area contributed by atoms with Gasteiger partial charge >= 0.3 is 0 Å². The maximum absolute atomic E-state index is 9.14. The molecule has 0 saturated carbocycles. The van der Waals surface area contributed by atoms with Crippen LogP contribution in [-0.2, 0) is 0 Å². The predicted octanol–water partition coefficient (Wildman–Crippen LogP) is 1.38. The molecule has 48 valence electrons. The highest BCUT2D eigenvalue weighted by Gasteiger charge is 2.18. The first kappa shape index (κ1) is 6.78. The van der Waals surface area contributed by atoms with E-state index in [1.807, 2.05) is 10.8 Å². The molecule has 0 aromatic carbocycles. The van der Waals surface area contributed by atoms with Crippen molar-refractivity contribution in [2.75, 3.05) is 11.5 Å². The summed E-state index contributed by atoms with van der Waals surface area (Å²) in [5.74, 6) is 2.51. The Morgan fingerprint density at radius 3 is 2.38 bits per heavy atom. The Morgan fingerprint density at radius 2 is 2.00 bits per heavy atom. The van der Waals surface area contributed by atoms with Crippen molar-refractivity contribution in [2.45, 2.75) is 13.0 Å². The molecule has 0 bridgehead atoms. The molecule has 0 aromatic heterocycles. The van der Waals surface area contributed by atoms with Gasteiger partial charge in [0, 0.05) is 11.5 Å². The number of hydrogen-bond acceptors (Lipinski definition) is 3. The minimum atomic E-state index is -0.0544. The van der Waals surface area contributed by atoms with Gasteiger partial charge in [0.25, 0.3) is 0 Å². The maximum Gasteiger partial charge on any atom is 0.0672 e. The summed E-state index contributed by atoms with van der Waals surface area (Å²) in [7, 11) is 3.64. The summed E-state index contributed by atoms with van der Waals surface area (Å²) in [4.78, 5) is 0. The summed E-state index contributed by atoms with van der Waals surface area (Å²) in [6.07, 6.45) is -0.0544. The standard InChI is InChI=1S/C5H10OS2/c1-4-2-7-8-3-5(4)6/h4-6H,2-3H2,1H3/t4?,5-/m1/s1. The summed E-state index contributed by atoms with van der Waals surface area (Å²) in [5.41, 5.74) is 0. The van der Waals surface area contributed by atoms with E-state index in [-0.39, 0.29) is 6.10 Å². The molecule has 0 aromatic rings. The van der Waals surface area contributed by atoms with E-state index in [1.54, 1.807) is 10.8 Å². The van der Waals surface area contributed by atoms with Crippen molar-refractivity contribution < 1.29 is 5.11 Å². The lowest BCUT2D eigenvalue weighted by Crippen LogP contribution is -2.24. The molecule has 1 unspecified atom stereocenters. The van der Waals surface area contributed by atoms with Gasteiger partial charge in [0.2, 0.25) is 0 Å². The van der Waals surface area contributed by atoms with Crippen LogP contribution in [0.1, 0.15) is 6.92 Å². The Kier molecular flexibility index (Phi) is 2.53. The molecule has 1 saturated heterocycles. The van der Waals surface area contributed by atoms with Crippen molar-refractivity contribution in [1.29, 1.82) is 0 Å². The minimum absolute atomic E-state index is 0.0544. The zero-order valence-corrected chi connectivity index (χ0v) is 6.47. The fourth-order valence-electron chi connectivity index (χ4n) is 0.549. The highest BCUT2D eigenvalue weighted by Crippen LogP contribution is 2.32. The monoisotopic (exact) mass is 150 g/mol. The second-order valence-corrected chi connectivity index (χ2v) is 4.67. The summed E-state index contributed by atoms with van der Waals surface area (Å²) >= 11 is 0. The fraction of sp³-hybridized carbons (Fsp3) is 1.00. The van der Waals surface area contributed by atoms with Gasteiger partial charge in [-0.15, -0.1) is 0 Å². The third kappa shape index (κ3) is 1.57. The van der Waals surface area contributed by atoms with Crippen molar-refractivity contribution in [2.24, 2.45) is 5.92 Å². The van der Waals surface area contributed by atoms with Crippen molar-refractivity contribution in [1.82, 2.24) is 0 Å². The van der Waals surface area contributed by atoms with Crippen LogP contribution in [0.25, 0.3) is 0 Å².